The third kappa shape index (κ3) is 2.44. The van der Waals surface area contributed by atoms with Crippen molar-refractivity contribution in [1.29, 1.82) is 0 Å². The van der Waals surface area contributed by atoms with E-state index in [1.54, 1.807) is 0 Å². The monoisotopic (exact) mass is 172 g/mol. The molecule has 0 aliphatic carbocycles. The maximum absolute atomic E-state index is 9.31. The first-order chi connectivity index (χ1) is 5.61. The van der Waals surface area contributed by atoms with Crippen molar-refractivity contribution in [3.05, 3.63) is 0 Å². The van der Waals surface area contributed by atoms with Crippen LogP contribution in [0.4, 0.5) is 0 Å². The number of nitrogens with zero attached hydrogens (tertiary/aromatic N) is 2. The lowest BCUT2D eigenvalue weighted by molar-refractivity contribution is -0.0182. The van der Waals surface area contributed by atoms with Crippen molar-refractivity contribution < 1.29 is 5.11 Å². The predicted molar refractivity (Wildman–Crippen MR) is 50.0 cm³/mol. The van der Waals surface area contributed by atoms with Crippen LogP contribution in [0, 0.1) is 0 Å². The highest BCUT2D eigenvalue weighted by atomic mass is 16.3. The van der Waals surface area contributed by atoms with E-state index in [9.17, 15) is 5.11 Å². The SMILES string of the molecule is CC(C)N1CCN(C(C)O)CC1. The topological polar surface area (TPSA) is 26.7 Å². The van der Waals surface area contributed by atoms with Gasteiger partial charge < -0.3 is 5.11 Å². The molecule has 1 saturated heterocycles. The normalized spacial score (nSPS) is 24.8. The zero-order valence-electron chi connectivity index (χ0n) is 8.32. The Bertz CT molecular complexity index is 112. The Labute approximate surface area is 75.0 Å². The summed E-state index contributed by atoms with van der Waals surface area (Å²) in [5, 5.41) is 9.31. The molecule has 0 radical (unpaired) electrons. The van der Waals surface area contributed by atoms with E-state index in [0.717, 1.165) is 26.2 Å². The molecule has 1 fully saturated rings. The van der Waals surface area contributed by atoms with Gasteiger partial charge in [0.05, 0.1) is 0 Å². The van der Waals surface area contributed by atoms with Gasteiger partial charge in [0.15, 0.2) is 0 Å². The van der Waals surface area contributed by atoms with E-state index in [-0.39, 0.29) is 6.23 Å². The standard InChI is InChI=1S/C9H20N2O/c1-8(2)10-4-6-11(7-5-10)9(3)12/h8-9,12H,4-7H2,1-3H3. The third-order valence-corrected chi connectivity index (χ3v) is 2.61. The molecule has 1 heterocycles. The lowest BCUT2D eigenvalue weighted by atomic mass is 10.2. The fraction of sp³-hybridized carbons (Fsp3) is 1.00. The Morgan fingerprint density at radius 1 is 0.917 bits per heavy atom. The van der Waals surface area contributed by atoms with Crippen molar-refractivity contribution in [3.8, 4) is 0 Å². The maximum Gasteiger partial charge on any atom is 0.104 e. The van der Waals surface area contributed by atoms with Gasteiger partial charge in [-0.15, -0.1) is 0 Å². The number of hydrogen-bond acceptors (Lipinski definition) is 3. The van der Waals surface area contributed by atoms with Crippen LogP contribution in [0.15, 0.2) is 0 Å². The summed E-state index contributed by atoms with van der Waals surface area (Å²) in [6, 6.07) is 0.640. The van der Waals surface area contributed by atoms with E-state index in [4.69, 9.17) is 0 Å². The van der Waals surface area contributed by atoms with Gasteiger partial charge in [0, 0.05) is 32.2 Å². The number of aliphatic hydroxyl groups excluding tert-OH is 1. The summed E-state index contributed by atoms with van der Waals surface area (Å²) >= 11 is 0. The van der Waals surface area contributed by atoms with Crippen LogP contribution in [0.5, 0.6) is 0 Å². The molecule has 3 heteroatoms. The number of aliphatic hydroxyl groups is 1. The molecule has 0 bridgehead atoms. The minimum absolute atomic E-state index is 0.278. The first-order valence-electron chi connectivity index (χ1n) is 4.77. The molecule has 0 aromatic carbocycles. The number of piperazine rings is 1. The van der Waals surface area contributed by atoms with Gasteiger partial charge in [-0.2, -0.15) is 0 Å². The second kappa shape index (κ2) is 4.21. The summed E-state index contributed by atoms with van der Waals surface area (Å²) in [4.78, 5) is 4.55. The molecule has 1 rings (SSSR count). The molecule has 1 N–H and O–H groups in total. The van der Waals surface area contributed by atoms with Crippen LogP contribution in [0.25, 0.3) is 0 Å². The summed E-state index contributed by atoms with van der Waals surface area (Å²) < 4.78 is 0. The largest absolute Gasteiger partial charge is 0.379 e. The number of hydrogen-bond donors (Lipinski definition) is 1. The average molecular weight is 172 g/mol. The van der Waals surface area contributed by atoms with Crippen molar-refractivity contribution >= 4 is 0 Å². The zero-order chi connectivity index (χ0) is 9.14. The van der Waals surface area contributed by atoms with E-state index in [1.165, 1.54) is 0 Å². The van der Waals surface area contributed by atoms with Crippen LogP contribution < -0.4 is 0 Å². The van der Waals surface area contributed by atoms with Crippen molar-refractivity contribution in [2.45, 2.75) is 33.0 Å². The van der Waals surface area contributed by atoms with E-state index < -0.39 is 0 Å². The molecule has 0 spiro atoms. The van der Waals surface area contributed by atoms with Gasteiger partial charge in [-0.1, -0.05) is 0 Å². The van der Waals surface area contributed by atoms with Gasteiger partial charge in [0.25, 0.3) is 0 Å². The van der Waals surface area contributed by atoms with Crippen molar-refractivity contribution in [2.75, 3.05) is 26.2 Å². The van der Waals surface area contributed by atoms with Gasteiger partial charge in [-0.05, 0) is 20.8 Å². The predicted octanol–water partition coefficient (Wildman–Crippen LogP) is 0.351. The summed E-state index contributed by atoms with van der Waals surface area (Å²) in [7, 11) is 0. The molecule has 1 atom stereocenters. The highest BCUT2D eigenvalue weighted by Gasteiger charge is 2.20. The fourth-order valence-corrected chi connectivity index (χ4v) is 1.63. The van der Waals surface area contributed by atoms with Crippen molar-refractivity contribution in [2.24, 2.45) is 0 Å². The van der Waals surface area contributed by atoms with Crippen LogP contribution in [-0.2, 0) is 0 Å². The molecule has 12 heavy (non-hydrogen) atoms. The van der Waals surface area contributed by atoms with Crippen LogP contribution in [-0.4, -0.2) is 53.4 Å². The quantitative estimate of drug-likeness (QED) is 0.651. The van der Waals surface area contributed by atoms with E-state index in [0.29, 0.717) is 6.04 Å². The van der Waals surface area contributed by atoms with Crippen LogP contribution >= 0.6 is 0 Å². The van der Waals surface area contributed by atoms with Gasteiger partial charge in [-0.25, -0.2) is 0 Å². The highest BCUT2D eigenvalue weighted by molar-refractivity contribution is 4.74. The van der Waals surface area contributed by atoms with Crippen molar-refractivity contribution in [3.63, 3.8) is 0 Å². The highest BCUT2D eigenvalue weighted by Crippen LogP contribution is 2.07. The Morgan fingerprint density at radius 3 is 1.67 bits per heavy atom. The lowest BCUT2D eigenvalue weighted by Crippen LogP contribution is -2.51. The molecule has 1 aliphatic heterocycles. The summed E-state index contributed by atoms with van der Waals surface area (Å²) in [6.45, 7) is 10.4. The zero-order valence-corrected chi connectivity index (χ0v) is 8.32. The summed E-state index contributed by atoms with van der Waals surface area (Å²) in [6.07, 6.45) is -0.278. The molecule has 0 aromatic heterocycles. The first kappa shape index (κ1) is 9.96. The Balaban J connectivity index is 2.30. The lowest BCUT2D eigenvalue weighted by Gasteiger charge is -2.38. The molecule has 0 saturated carbocycles. The minimum Gasteiger partial charge on any atom is -0.379 e. The Morgan fingerprint density at radius 2 is 1.33 bits per heavy atom. The summed E-state index contributed by atoms with van der Waals surface area (Å²) in [5.41, 5.74) is 0. The smallest absolute Gasteiger partial charge is 0.104 e. The fourth-order valence-electron chi connectivity index (χ4n) is 1.63. The Kier molecular flexibility index (Phi) is 3.50. The minimum atomic E-state index is -0.278. The molecule has 1 unspecified atom stereocenters. The van der Waals surface area contributed by atoms with Gasteiger partial charge in [-0.3, -0.25) is 9.80 Å². The molecular formula is C9H20N2O. The first-order valence-corrected chi connectivity index (χ1v) is 4.77. The maximum atomic E-state index is 9.31. The Hall–Kier alpha value is -0.120. The van der Waals surface area contributed by atoms with Gasteiger partial charge in [0.2, 0.25) is 0 Å². The van der Waals surface area contributed by atoms with E-state index in [2.05, 4.69) is 23.6 Å². The van der Waals surface area contributed by atoms with E-state index in [1.807, 2.05) is 6.92 Å². The molecule has 3 nitrogen and oxygen atoms in total. The molecule has 1 aliphatic rings. The van der Waals surface area contributed by atoms with Crippen LogP contribution in [0.2, 0.25) is 0 Å². The molecule has 0 amide bonds. The summed E-state index contributed by atoms with van der Waals surface area (Å²) in [5.74, 6) is 0. The molecular weight excluding hydrogens is 152 g/mol. The third-order valence-electron chi connectivity index (χ3n) is 2.61. The van der Waals surface area contributed by atoms with Crippen LogP contribution in [0.1, 0.15) is 20.8 Å². The second-order valence-electron chi connectivity index (χ2n) is 3.80. The van der Waals surface area contributed by atoms with Crippen LogP contribution in [0.3, 0.4) is 0 Å². The van der Waals surface area contributed by atoms with E-state index >= 15 is 0 Å². The molecule has 72 valence electrons. The van der Waals surface area contributed by atoms with Gasteiger partial charge in [0.1, 0.15) is 6.23 Å². The number of rotatable bonds is 2. The van der Waals surface area contributed by atoms with Gasteiger partial charge >= 0.3 is 0 Å². The average Bonchev–Trinajstić information content (AvgIpc) is 2.04. The van der Waals surface area contributed by atoms with Crippen molar-refractivity contribution in [1.82, 2.24) is 9.80 Å². The second-order valence-corrected chi connectivity index (χ2v) is 3.80. The molecule has 0 aromatic rings.